The average molecular weight is 210 g/mol. The molecule has 3 N–H and O–H groups in total. The number of aromatic nitrogens is 2. The van der Waals surface area contributed by atoms with Gasteiger partial charge in [-0.3, -0.25) is 9.89 Å². The topological polar surface area (TPSA) is 79.0 Å². The molecule has 0 bridgehead atoms. The van der Waals surface area contributed by atoms with Crippen molar-refractivity contribution in [1.82, 2.24) is 20.8 Å². The molecule has 2 atom stereocenters. The van der Waals surface area contributed by atoms with Crippen LogP contribution in [0.15, 0.2) is 12.4 Å². The van der Waals surface area contributed by atoms with Gasteiger partial charge in [-0.2, -0.15) is 5.10 Å². The average Bonchev–Trinajstić information content (AvgIpc) is 2.87. The zero-order valence-corrected chi connectivity index (χ0v) is 8.49. The lowest BCUT2D eigenvalue weighted by Crippen LogP contribution is -2.43. The molecule has 15 heavy (non-hydrogen) atoms. The largest absolute Gasteiger partial charge is 0.378 e. The summed E-state index contributed by atoms with van der Waals surface area (Å²) in [6, 6.07) is 0.0254. The zero-order valence-electron chi connectivity index (χ0n) is 8.49. The number of rotatable bonds is 3. The van der Waals surface area contributed by atoms with Gasteiger partial charge in [-0.15, -0.1) is 0 Å². The molecule has 0 radical (unpaired) electrons. The quantitative estimate of drug-likeness (QED) is 0.605. The lowest BCUT2D eigenvalue weighted by atomic mass is 10.2. The molecule has 0 aromatic carbocycles. The van der Waals surface area contributed by atoms with Crippen LogP contribution in [0, 0.1) is 0 Å². The van der Waals surface area contributed by atoms with Crippen LogP contribution in [0.2, 0.25) is 0 Å². The van der Waals surface area contributed by atoms with Crippen molar-refractivity contribution in [3.63, 3.8) is 0 Å². The second-order valence-corrected chi connectivity index (χ2v) is 3.50. The molecule has 1 aromatic heterocycles. The predicted molar refractivity (Wildman–Crippen MR) is 53.5 cm³/mol. The standard InChI is InChI=1S/C9H14N4O2/c1-15-8-5-10-4-7(8)13-9(14)6-2-11-12-3-6/h2-3,7-8,10H,4-5H2,1H3,(H,11,12)(H,13,14)/t7?,8-/m0/s1. The van der Waals surface area contributed by atoms with Crippen LogP contribution < -0.4 is 10.6 Å². The lowest BCUT2D eigenvalue weighted by molar-refractivity contribution is 0.0780. The molecule has 1 fully saturated rings. The highest BCUT2D eigenvalue weighted by atomic mass is 16.5. The number of carbonyl (C=O) groups excluding carboxylic acids is 1. The van der Waals surface area contributed by atoms with Gasteiger partial charge in [0.15, 0.2) is 0 Å². The van der Waals surface area contributed by atoms with Crippen molar-refractivity contribution >= 4 is 5.91 Å². The molecule has 6 heteroatoms. The molecule has 1 aliphatic heterocycles. The molecule has 0 aliphatic carbocycles. The van der Waals surface area contributed by atoms with Gasteiger partial charge in [-0.1, -0.05) is 0 Å². The first-order chi connectivity index (χ1) is 7.31. The third-order valence-corrected chi connectivity index (χ3v) is 2.54. The minimum Gasteiger partial charge on any atom is -0.378 e. The van der Waals surface area contributed by atoms with Crippen molar-refractivity contribution in [1.29, 1.82) is 0 Å². The molecular formula is C9H14N4O2. The Hall–Kier alpha value is -1.40. The van der Waals surface area contributed by atoms with E-state index >= 15 is 0 Å². The van der Waals surface area contributed by atoms with E-state index in [1.807, 2.05) is 0 Å². The Labute approximate surface area is 87.4 Å². The summed E-state index contributed by atoms with van der Waals surface area (Å²) in [4.78, 5) is 11.7. The molecule has 82 valence electrons. The normalized spacial score (nSPS) is 25.4. The third kappa shape index (κ3) is 2.16. The van der Waals surface area contributed by atoms with Crippen LogP contribution in [0.1, 0.15) is 10.4 Å². The number of nitrogens with zero attached hydrogens (tertiary/aromatic N) is 1. The molecule has 1 aliphatic rings. The molecule has 1 aromatic rings. The van der Waals surface area contributed by atoms with E-state index in [9.17, 15) is 4.79 Å². The van der Waals surface area contributed by atoms with Crippen LogP contribution in [0.5, 0.6) is 0 Å². The second kappa shape index (κ2) is 4.41. The first-order valence-corrected chi connectivity index (χ1v) is 4.84. The van der Waals surface area contributed by atoms with E-state index in [1.165, 1.54) is 6.20 Å². The summed E-state index contributed by atoms with van der Waals surface area (Å²) in [7, 11) is 1.65. The van der Waals surface area contributed by atoms with Gasteiger partial charge in [0.2, 0.25) is 0 Å². The van der Waals surface area contributed by atoms with Crippen LogP contribution in [-0.4, -0.2) is 48.4 Å². The Morgan fingerprint density at radius 3 is 3.20 bits per heavy atom. The fourth-order valence-corrected chi connectivity index (χ4v) is 1.67. The molecule has 0 saturated carbocycles. The van der Waals surface area contributed by atoms with E-state index in [-0.39, 0.29) is 18.1 Å². The van der Waals surface area contributed by atoms with Gasteiger partial charge in [0.1, 0.15) is 0 Å². The lowest BCUT2D eigenvalue weighted by Gasteiger charge is -2.17. The SMILES string of the molecule is CO[C@H]1CNCC1NC(=O)c1cn[nH]c1. The Balaban J connectivity index is 1.94. The van der Waals surface area contributed by atoms with E-state index in [1.54, 1.807) is 13.3 Å². The second-order valence-electron chi connectivity index (χ2n) is 3.50. The minimum atomic E-state index is -0.125. The summed E-state index contributed by atoms with van der Waals surface area (Å²) < 4.78 is 5.24. The molecule has 1 amide bonds. The van der Waals surface area contributed by atoms with E-state index in [2.05, 4.69) is 20.8 Å². The number of aromatic amines is 1. The summed E-state index contributed by atoms with van der Waals surface area (Å²) in [5.41, 5.74) is 0.539. The first kappa shape index (κ1) is 10.1. The predicted octanol–water partition coefficient (Wildman–Crippen LogP) is -0.874. The number of amides is 1. The molecule has 1 unspecified atom stereocenters. The summed E-state index contributed by atoms with van der Waals surface area (Å²) in [6.45, 7) is 1.51. The number of carbonyl (C=O) groups is 1. The molecule has 2 heterocycles. The van der Waals surface area contributed by atoms with Crippen LogP contribution >= 0.6 is 0 Å². The van der Waals surface area contributed by atoms with Crippen molar-refractivity contribution in [2.45, 2.75) is 12.1 Å². The highest BCUT2D eigenvalue weighted by Crippen LogP contribution is 2.05. The van der Waals surface area contributed by atoms with Crippen molar-refractivity contribution in [2.75, 3.05) is 20.2 Å². The zero-order chi connectivity index (χ0) is 10.7. The number of nitrogens with one attached hydrogen (secondary N) is 3. The fraction of sp³-hybridized carbons (Fsp3) is 0.556. The number of methoxy groups -OCH3 is 1. The van der Waals surface area contributed by atoms with Crippen molar-refractivity contribution < 1.29 is 9.53 Å². The van der Waals surface area contributed by atoms with Crippen molar-refractivity contribution in [3.05, 3.63) is 18.0 Å². The number of hydrogen-bond acceptors (Lipinski definition) is 4. The van der Waals surface area contributed by atoms with Crippen LogP contribution in [0.25, 0.3) is 0 Å². The maximum absolute atomic E-state index is 11.7. The van der Waals surface area contributed by atoms with Crippen molar-refractivity contribution in [3.8, 4) is 0 Å². The smallest absolute Gasteiger partial charge is 0.254 e. The maximum atomic E-state index is 11.7. The van der Waals surface area contributed by atoms with Gasteiger partial charge >= 0.3 is 0 Å². The summed E-state index contributed by atoms with van der Waals surface area (Å²) in [5.74, 6) is -0.125. The maximum Gasteiger partial charge on any atom is 0.254 e. The molecule has 2 rings (SSSR count). The summed E-state index contributed by atoms with van der Waals surface area (Å²) in [6.07, 6.45) is 3.11. The number of H-pyrrole nitrogens is 1. The number of hydrogen-bond donors (Lipinski definition) is 3. The molecule has 0 spiro atoms. The summed E-state index contributed by atoms with van der Waals surface area (Å²) in [5, 5.41) is 12.4. The Morgan fingerprint density at radius 2 is 2.53 bits per heavy atom. The monoisotopic (exact) mass is 210 g/mol. The van der Waals surface area contributed by atoms with Gasteiger partial charge in [0.25, 0.3) is 5.91 Å². The van der Waals surface area contributed by atoms with Gasteiger partial charge in [-0.25, -0.2) is 0 Å². The van der Waals surface area contributed by atoms with E-state index in [0.29, 0.717) is 5.56 Å². The molecular weight excluding hydrogens is 196 g/mol. The van der Waals surface area contributed by atoms with E-state index < -0.39 is 0 Å². The van der Waals surface area contributed by atoms with Crippen LogP contribution in [0.4, 0.5) is 0 Å². The highest BCUT2D eigenvalue weighted by molar-refractivity contribution is 5.93. The first-order valence-electron chi connectivity index (χ1n) is 4.84. The van der Waals surface area contributed by atoms with Gasteiger partial charge in [0.05, 0.1) is 23.9 Å². The summed E-state index contributed by atoms with van der Waals surface area (Å²) >= 11 is 0. The minimum absolute atomic E-state index is 0.0254. The Bertz CT molecular complexity index is 325. The van der Waals surface area contributed by atoms with Crippen LogP contribution in [-0.2, 0) is 4.74 Å². The highest BCUT2D eigenvalue weighted by Gasteiger charge is 2.28. The number of ether oxygens (including phenoxy) is 1. The Morgan fingerprint density at radius 1 is 1.67 bits per heavy atom. The van der Waals surface area contributed by atoms with Gasteiger partial charge < -0.3 is 15.4 Å². The van der Waals surface area contributed by atoms with Gasteiger partial charge in [0, 0.05) is 26.4 Å². The van der Waals surface area contributed by atoms with E-state index in [0.717, 1.165) is 13.1 Å². The third-order valence-electron chi connectivity index (χ3n) is 2.54. The van der Waals surface area contributed by atoms with Crippen molar-refractivity contribution in [2.24, 2.45) is 0 Å². The molecule has 6 nitrogen and oxygen atoms in total. The van der Waals surface area contributed by atoms with Crippen LogP contribution in [0.3, 0.4) is 0 Å². The van der Waals surface area contributed by atoms with Gasteiger partial charge in [-0.05, 0) is 0 Å². The molecule has 1 saturated heterocycles. The fourth-order valence-electron chi connectivity index (χ4n) is 1.67. The van der Waals surface area contributed by atoms with E-state index in [4.69, 9.17) is 4.74 Å². The Kier molecular flexibility index (Phi) is 2.98.